The normalized spacial score (nSPS) is 17.6. The van der Waals surface area contributed by atoms with Crippen LogP contribution in [-0.2, 0) is 15.1 Å². The van der Waals surface area contributed by atoms with Crippen LogP contribution >= 0.6 is 0 Å². The minimum Gasteiger partial charge on any atom is -0.508 e. The number of carboxylic acids is 1. The Labute approximate surface area is 180 Å². The van der Waals surface area contributed by atoms with Crippen molar-refractivity contribution in [3.05, 3.63) is 76.3 Å². The van der Waals surface area contributed by atoms with Crippen molar-refractivity contribution in [1.29, 1.82) is 0 Å². The van der Waals surface area contributed by atoms with Gasteiger partial charge in [-0.2, -0.15) is 0 Å². The summed E-state index contributed by atoms with van der Waals surface area (Å²) in [5.74, 6) is -4.47. The summed E-state index contributed by atoms with van der Waals surface area (Å²) in [6.45, 7) is 1.07. The molecule has 1 spiro atoms. The molecule has 9 heteroatoms. The maximum Gasteiger partial charge on any atom is 0.343 e. The minimum atomic E-state index is -1.76. The third kappa shape index (κ3) is 2.48. The quantitative estimate of drug-likeness (QED) is 0.409. The Morgan fingerprint density at radius 1 is 1.00 bits per heavy atom. The van der Waals surface area contributed by atoms with Crippen molar-refractivity contribution in [3.8, 4) is 28.7 Å². The Bertz CT molecular complexity index is 1360. The molecule has 0 saturated heterocycles. The predicted molar refractivity (Wildman–Crippen MR) is 106 cm³/mol. The van der Waals surface area contributed by atoms with Gasteiger partial charge in [0.05, 0.1) is 11.1 Å². The van der Waals surface area contributed by atoms with Crippen LogP contribution in [0.5, 0.6) is 28.7 Å². The number of phenolic OH excluding ortho intramolecular Hbond substituents is 1. The van der Waals surface area contributed by atoms with Crippen molar-refractivity contribution in [2.45, 2.75) is 12.5 Å². The SMILES string of the molecule is CC(=O)Oc1c(C(=O)O)c(O)cc2c1C1(OC(=O)c3ccccc31)c1ccc(O)cc1O2. The number of aromatic carboxylic acids is 1. The fourth-order valence-corrected chi connectivity index (χ4v) is 4.23. The molecule has 0 fully saturated rings. The highest BCUT2D eigenvalue weighted by Crippen LogP contribution is 2.60. The molecule has 2 heterocycles. The van der Waals surface area contributed by atoms with Crippen molar-refractivity contribution in [3.63, 3.8) is 0 Å². The van der Waals surface area contributed by atoms with Gasteiger partial charge in [-0.25, -0.2) is 9.59 Å². The molecule has 0 amide bonds. The summed E-state index contributed by atoms with van der Waals surface area (Å²) in [7, 11) is 0. The maximum atomic E-state index is 12.9. The number of hydrogen-bond acceptors (Lipinski definition) is 8. The summed E-state index contributed by atoms with van der Waals surface area (Å²) in [5, 5.41) is 30.1. The topological polar surface area (TPSA) is 140 Å². The Hall–Kier alpha value is -4.53. The van der Waals surface area contributed by atoms with E-state index in [1.165, 1.54) is 18.2 Å². The zero-order valence-corrected chi connectivity index (χ0v) is 16.4. The van der Waals surface area contributed by atoms with Crippen LogP contribution in [-0.4, -0.2) is 33.2 Å². The van der Waals surface area contributed by atoms with Crippen molar-refractivity contribution < 1.29 is 43.9 Å². The molecule has 2 aliphatic rings. The molecular formula is C23H14O9. The average Bonchev–Trinajstić information content (AvgIpc) is 3.00. The van der Waals surface area contributed by atoms with E-state index in [9.17, 15) is 29.7 Å². The Balaban J connectivity index is 1.97. The third-order valence-corrected chi connectivity index (χ3v) is 5.37. The van der Waals surface area contributed by atoms with Gasteiger partial charge in [0.25, 0.3) is 0 Å². The lowest BCUT2D eigenvalue weighted by molar-refractivity contribution is -0.132. The van der Waals surface area contributed by atoms with E-state index in [1.807, 2.05) is 0 Å². The van der Waals surface area contributed by atoms with Gasteiger partial charge in [-0.15, -0.1) is 0 Å². The summed E-state index contributed by atoms with van der Waals surface area (Å²) in [6, 6.07) is 11.6. The van der Waals surface area contributed by atoms with Gasteiger partial charge >= 0.3 is 17.9 Å². The number of fused-ring (bicyclic) bond motifs is 6. The van der Waals surface area contributed by atoms with Crippen LogP contribution in [0.1, 0.15) is 44.3 Å². The standard InChI is InChI=1S/C23H14O9/c1-10(24)30-20-18(21(27)28)15(26)9-17-19(20)23(14-7-6-11(25)8-16(14)31-17)13-5-3-2-4-12(13)22(29)32-23/h2-9,25-26H,1H3,(H,27,28). The fraction of sp³-hybridized carbons (Fsp3) is 0.0870. The Morgan fingerprint density at radius 3 is 2.47 bits per heavy atom. The number of benzene rings is 3. The van der Waals surface area contributed by atoms with Crippen LogP contribution in [0.2, 0.25) is 0 Å². The number of ether oxygens (including phenoxy) is 3. The van der Waals surface area contributed by atoms with Crippen molar-refractivity contribution >= 4 is 17.9 Å². The summed E-state index contributed by atoms with van der Waals surface area (Å²) in [6.07, 6.45) is 0. The van der Waals surface area contributed by atoms with E-state index in [4.69, 9.17) is 14.2 Å². The van der Waals surface area contributed by atoms with Gasteiger partial charge in [0.15, 0.2) is 11.4 Å². The van der Waals surface area contributed by atoms with E-state index in [0.717, 1.165) is 13.0 Å². The highest BCUT2D eigenvalue weighted by Gasteiger charge is 2.56. The highest BCUT2D eigenvalue weighted by atomic mass is 16.6. The highest BCUT2D eigenvalue weighted by molar-refractivity contribution is 6.00. The first-order valence-electron chi connectivity index (χ1n) is 9.40. The monoisotopic (exact) mass is 434 g/mol. The molecule has 1 unspecified atom stereocenters. The number of carbonyl (C=O) groups is 3. The number of carbonyl (C=O) groups excluding carboxylic acids is 2. The molecular weight excluding hydrogens is 420 g/mol. The molecule has 0 aliphatic carbocycles. The van der Waals surface area contributed by atoms with Crippen molar-refractivity contribution in [1.82, 2.24) is 0 Å². The van der Waals surface area contributed by atoms with Gasteiger partial charge in [-0.1, -0.05) is 18.2 Å². The molecule has 2 aliphatic heterocycles. The second kappa shape index (κ2) is 6.48. The number of aromatic hydroxyl groups is 2. The molecule has 160 valence electrons. The minimum absolute atomic E-state index is 0.0700. The lowest BCUT2D eigenvalue weighted by atomic mass is 9.76. The van der Waals surface area contributed by atoms with Gasteiger partial charge in [0.2, 0.25) is 0 Å². The number of phenols is 2. The Morgan fingerprint density at radius 2 is 1.75 bits per heavy atom. The van der Waals surface area contributed by atoms with Gasteiger partial charge in [-0.3, -0.25) is 4.79 Å². The lowest BCUT2D eigenvalue weighted by Crippen LogP contribution is -2.34. The predicted octanol–water partition coefficient (Wildman–Crippen LogP) is 3.29. The molecule has 5 rings (SSSR count). The van der Waals surface area contributed by atoms with Gasteiger partial charge in [0, 0.05) is 30.2 Å². The summed E-state index contributed by atoms with van der Waals surface area (Å²) in [4.78, 5) is 36.7. The zero-order valence-electron chi connectivity index (χ0n) is 16.4. The second-order valence-corrected chi connectivity index (χ2v) is 7.27. The molecule has 1 atom stereocenters. The maximum absolute atomic E-state index is 12.9. The van der Waals surface area contributed by atoms with E-state index in [2.05, 4.69) is 0 Å². The smallest absolute Gasteiger partial charge is 0.343 e. The Kier molecular flexibility index (Phi) is 3.94. The van der Waals surface area contributed by atoms with Crippen molar-refractivity contribution in [2.24, 2.45) is 0 Å². The largest absolute Gasteiger partial charge is 0.508 e. The van der Waals surface area contributed by atoms with Crippen LogP contribution in [0.15, 0.2) is 48.5 Å². The fourth-order valence-electron chi connectivity index (χ4n) is 4.23. The van der Waals surface area contributed by atoms with Crippen LogP contribution in [0.25, 0.3) is 0 Å². The third-order valence-electron chi connectivity index (χ3n) is 5.37. The molecule has 32 heavy (non-hydrogen) atoms. The first kappa shape index (κ1) is 19.4. The molecule has 3 aromatic rings. The number of rotatable bonds is 2. The molecule has 0 bridgehead atoms. The summed E-state index contributed by atoms with van der Waals surface area (Å²) < 4.78 is 17.0. The lowest BCUT2D eigenvalue weighted by Gasteiger charge is -2.37. The van der Waals surface area contributed by atoms with Crippen LogP contribution in [0, 0.1) is 0 Å². The molecule has 0 saturated carbocycles. The molecule has 0 radical (unpaired) electrons. The van der Waals surface area contributed by atoms with Gasteiger partial charge in [0.1, 0.15) is 28.6 Å². The van der Waals surface area contributed by atoms with Crippen molar-refractivity contribution in [2.75, 3.05) is 0 Å². The first-order valence-corrected chi connectivity index (χ1v) is 9.40. The number of carboxylic acid groups (broad SMARTS) is 1. The second-order valence-electron chi connectivity index (χ2n) is 7.27. The number of esters is 2. The summed E-state index contributed by atoms with van der Waals surface area (Å²) in [5.41, 5.74) is -1.66. The van der Waals surface area contributed by atoms with E-state index >= 15 is 0 Å². The van der Waals surface area contributed by atoms with Crippen LogP contribution in [0.3, 0.4) is 0 Å². The van der Waals surface area contributed by atoms with Gasteiger partial charge in [-0.05, 0) is 18.2 Å². The molecule has 9 nitrogen and oxygen atoms in total. The van der Waals surface area contributed by atoms with E-state index < -0.39 is 40.6 Å². The van der Waals surface area contributed by atoms with E-state index in [-0.39, 0.29) is 33.9 Å². The van der Waals surface area contributed by atoms with E-state index in [1.54, 1.807) is 24.3 Å². The number of hydrogen-bond donors (Lipinski definition) is 3. The molecule has 3 N–H and O–H groups in total. The van der Waals surface area contributed by atoms with Gasteiger partial charge < -0.3 is 29.5 Å². The zero-order chi connectivity index (χ0) is 22.8. The van der Waals surface area contributed by atoms with E-state index in [0.29, 0.717) is 5.56 Å². The first-order chi connectivity index (χ1) is 15.2. The summed E-state index contributed by atoms with van der Waals surface area (Å²) >= 11 is 0. The molecule has 3 aromatic carbocycles. The van der Waals surface area contributed by atoms with Crippen LogP contribution in [0.4, 0.5) is 0 Å². The van der Waals surface area contributed by atoms with Crippen LogP contribution < -0.4 is 9.47 Å². The molecule has 0 aromatic heterocycles. The average molecular weight is 434 g/mol.